The second-order valence-electron chi connectivity index (χ2n) is 4.34. The Labute approximate surface area is 97.2 Å². The van der Waals surface area contributed by atoms with Crippen LogP contribution in [0.3, 0.4) is 0 Å². The average molecular weight is 220 g/mol. The van der Waals surface area contributed by atoms with Crippen molar-refractivity contribution in [3.8, 4) is 5.75 Å². The molecule has 0 spiro atoms. The molecule has 0 bridgehead atoms. The molecule has 1 unspecified atom stereocenters. The topological polar surface area (TPSA) is 38.5 Å². The minimum Gasteiger partial charge on any atom is -0.494 e. The Kier molecular flexibility index (Phi) is 3.67. The summed E-state index contributed by atoms with van der Waals surface area (Å²) in [5.74, 6) is 0.953. The fourth-order valence-corrected chi connectivity index (χ4v) is 1.99. The standard InChI is InChI=1S/C13H20N2O/c1-2-9-16-13-5-3-12(4-6-13)15-8-7-11(14)10-15/h3-6,11H,2,7-10,14H2,1H3. The monoisotopic (exact) mass is 220 g/mol. The number of benzene rings is 1. The maximum atomic E-state index is 5.89. The van der Waals surface area contributed by atoms with Gasteiger partial charge in [-0.1, -0.05) is 6.92 Å². The molecule has 1 aromatic rings. The lowest BCUT2D eigenvalue weighted by molar-refractivity contribution is 0.317. The Morgan fingerprint density at radius 1 is 1.38 bits per heavy atom. The summed E-state index contributed by atoms with van der Waals surface area (Å²) in [5.41, 5.74) is 7.14. The Morgan fingerprint density at radius 3 is 2.69 bits per heavy atom. The molecule has 0 aliphatic carbocycles. The van der Waals surface area contributed by atoms with Gasteiger partial charge in [0.15, 0.2) is 0 Å². The van der Waals surface area contributed by atoms with Gasteiger partial charge in [0.05, 0.1) is 6.61 Å². The van der Waals surface area contributed by atoms with Crippen LogP contribution in [-0.2, 0) is 0 Å². The predicted octanol–water partition coefficient (Wildman–Crippen LogP) is 2.01. The summed E-state index contributed by atoms with van der Waals surface area (Å²) in [6.45, 7) is 4.93. The van der Waals surface area contributed by atoms with Crippen molar-refractivity contribution in [1.82, 2.24) is 0 Å². The van der Waals surface area contributed by atoms with Crippen LogP contribution in [0.4, 0.5) is 5.69 Å². The van der Waals surface area contributed by atoms with Gasteiger partial charge < -0.3 is 15.4 Å². The predicted molar refractivity (Wildman–Crippen MR) is 67.0 cm³/mol. The van der Waals surface area contributed by atoms with Gasteiger partial charge in [0, 0.05) is 24.8 Å². The molecule has 1 atom stereocenters. The largest absolute Gasteiger partial charge is 0.494 e. The third-order valence-corrected chi connectivity index (χ3v) is 2.90. The fourth-order valence-electron chi connectivity index (χ4n) is 1.99. The molecular weight excluding hydrogens is 200 g/mol. The molecule has 88 valence electrons. The number of ether oxygens (including phenoxy) is 1. The molecular formula is C13H20N2O. The van der Waals surface area contributed by atoms with Crippen molar-refractivity contribution in [3.63, 3.8) is 0 Å². The van der Waals surface area contributed by atoms with Gasteiger partial charge in [0.1, 0.15) is 5.75 Å². The minimum atomic E-state index is 0.330. The van der Waals surface area contributed by atoms with Crippen LogP contribution in [0.5, 0.6) is 5.75 Å². The highest BCUT2D eigenvalue weighted by atomic mass is 16.5. The van der Waals surface area contributed by atoms with Gasteiger partial charge in [-0.2, -0.15) is 0 Å². The number of anilines is 1. The zero-order valence-electron chi connectivity index (χ0n) is 9.86. The van der Waals surface area contributed by atoms with Crippen LogP contribution in [0.15, 0.2) is 24.3 Å². The van der Waals surface area contributed by atoms with Crippen molar-refractivity contribution in [2.24, 2.45) is 5.73 Å². The molecule has 0 aromatic heterocycles. The number of hydrogen-bond acceptors (Lipinski definition) is 3. The summed E-state index contributed by atoms with van der Waals surface area (Å²) in [7, 11) is 0. The van der Waals surface area contributed by atoms with Gasteiger partial charge in [-0.25, -0.2) is 0 Å². The number of hydrogen-bond donors (Lipinski definition) is 1. The van der Waals surface area contributed by atoms with Gasteiger partial charge in [0.25, 0.3) is 0 Å². The minimum absolute atomic E-state index is 0.330. The van der Waals surface area contributed by atoms with E-state index in [0.29, 0.717) is 6.04 Å². The van der Waals surface area contributed by atoms with Gasteiger partial charge in [0.2, 0.25) is 0 Å². The molecule has 1 aromatic carbocycles. The molecule has 1 heterocycles. The smallest absolute Gasteiger partial charge is 0.119 e. The first kappa shape index (κ1) is 11.3. The van der Waals surface area contributed by atoms with Crippen LogP contribution in [0.1, 0.15) is 19.8 Å². The van der Waals surface area contributed by atoms with Crippen LogP contribution in [-0.4, -0.2) is 25.7 Å². The molecule has 0 radical (unpaired) electrons. The van der Waals surface area contributed by atoms with Crippen molar-refractivity contribution in [3.05, 3.63) is 24.3 Å². The SMILES string of the molecule is CCCOc1ccc(N2CCC(N)C2)cc1. The van der Waals surface area contributed by atoms with E-state index < -0.39 is 0 Å². The Hall–Kier alpha value is -1.22. The van der Waals surface area contributed by atoms with Crippen LogP contribution in [0.25, 0.3) is 0 Å². The first-order valence-corrected chi connectivity index (χ1v) is 6.03. The Morgan fingerprint density at radius 2 is 2.12 bits per heavy atom. The maximum absolute atomic E-state index is 5.89. The van der Waals surface area contributed by atoms with Crippen molar-refractivity contribution in [2.75, 3.05) is 24.6 Å². The van der Waals surface area contributed by atoms with Crippen molar-refractivity contribution >= 4 is 5.69 Å². The first-order valence-electron chi connectivity index (χ1n) is 6.03. The molecule has 2 N–H and O–H groups in total. The fraction of sp³-hybridized carbons (Fsp3) is 0.538. The number of nitrogens with two attached hydrogens (primary N) is 1. The van der Waals surface area contributed by atoms with E-state index in [1.165, 1.54) is 5.69 Å². The van der Waals surface area contributed by atoms with Crippen LogP contribution in [0.2, 0.25) is 0 Å². The van der Waals surface area contributed by atoms with E-state index in [2.05, 4.69) is 24.0 Å². The van der Waals surface area contributed by atoms with Crippen LogP contribution in [0, 0.1) is 0 Å². The highest BCUT2D eigenvalue weighted by Gasteiger charge is 2.18. The maximum Gasteiger partial charge on any atom is 0.119 e. The van der Waals surface area contributed by atoms with E-state index in [0.717, 1.165) is 38.3 Å². The van der Waals surface area contributed by atoms with Crippen molar-refractivity contribution in [1.29, 1.82) is 0 Å². The van der Waals surface area contributed by atoms with Gasteiger partial charge in [-0.05, 0) is 37.1 Å². The number of rotatable bonds is 4. The van der Waals surface area contributed by atoms with Crippen molar-refractivity contribution < 1.29 is 4.74 Å². The molecule has 1 saturated heterocycles. The molecule has 1 aliphatic rings. The highest BCUT2D eigenvalue weighted by Crippen LogP contribution is 2.22. The Bertz CT molecular complexity index is 323. The van der Waals surface area contributed by atoms with E-state index in [1.807, 2.05) is 12.1 Å². The van der Waals surface area contributed by atoms with Crippen LogP contribution >= 0.6 is 0 Å². The summed E-state index contributed by atoms with van der Waals surface area (Å²) in [6.07, 6.45) is 2.14. The third kappa shape index (κ3) is 2.67. The third-order valence-electron chi connectivity index (χ3n) is 2.90. The van der Waals surface area contributed by atoms with E-state index in [4.69, 9.17) is 10.5 Å². The summed E-state index contributed by atoms with van der Waals surface area (Å²) >= 11 is 0. The summed E-state index contributed by atoms with van der Waals surface area (Å²) in [4.78, 5) is 2.33. The summed E-state index contributed by atoms with van der Waals surface area (Å²) in [5, 5.41) is 0. The average Bonchev–Trinajstić information content (AvgIpc) is 2.74. The van der Waals surface area contributed by atoms with E-state index in [-0.39, 0.29) is 0 Å². The van der Waals surface area contributed by atoms with Gasteiger partial charge in [-0.15, -0.1) is 0 Å². The zero-order valence-corrected chi connectivity index (χ0v) is 9.86. The highest BCUT2D eigenvalue weighted by molar-refractivity contribution is 5.50. The van der Waals surface area contributed by atoms with Crippen LogP contribution < -0.4 is 15.4 Å². The summed E-state index contributed by atoms with van der Waals surface area (Å²) < 4.78 is 5.55. The molecule has 2 rings (SSSR count). The van der Waals surface area contributed by atoms with Gasteiger partial charge >= 0.3 is 0 Å². The molecule has 3 nitrogen and oxygen atoms in total. The molecule has 0 saturated carbocycles. The second kappa shape index (κ2) is 5.21. The summed E-state index contributed by atoms with van der Waals surface area (Å²) in [6, 6.07) is 8.63. The number of nitrogens with zero attached hydrogens (tertiary/aromatic N) is 1. The van der Waals surface area contributed by atoms with E-state index in [1.54, 1.807) is 0 Å². The zero-order chi connectivity index (χ0) is 11.4. The molecule has 0 amide bonds. The lowest BCUT2D eigenvalue weighted by Gasteiger charge is -2.18. The Balaban J connectivity index is 1.96. The quantitative estimate of drug-likeness (QED) is 0.843. The van der Waals surface area contributed by atoms with E-state index >= 15 is 0 Å². The van der Waals surface area contributed by atoms with Gasteiger partial charge in [-0.3, -0.25) is 0 Å². The lowest BCUT2D eigenvalue weighted by Crippen LogP contribution is -2.26. The molecule has 3 heteroatoms. The second-order valence-corrected chi connectivity index (χ2v) is 4.34. The molecule has 1 aliphatic heterocycles. The normalized spacial score (nSPS) is 20.1. The lowest BCUT2D eigenvalue weighted by atomic mass is 10.3. The molecule has 16 heavy (non-hydrogen) atoms. The first-order chi connectivity index (χ1) is 7.79. The molecule has 1 fully saturated rings. The van der Waals surface area contributed by atoms with E-state index in [9.17, 15) is 0 Å². The van der Waals surface area contributed by atoms with Crippen molar-refractivity contribution in [2.45, 2.75) is 25.8 Å².